The van der Waals surface area contributed by atoms with Crippen molar-refractivity contribution >= 4 is 17.9 Å². The number of nitrogens with one attached hydrogen (secondary N) is 1. The van der Waals surface area contributed by atoms with Crippen molar-refractivity contribution in [2.75, 3.05) is 44.0 Å². The summed E-state index contributed by atoms with van der Waals surface area (Å²) in [5.41, 5.74) is -0.0465. The molecule has 1 aromatic carbocycles. The Labute approximate surface area is 205 Å². The van der Waals surface area contributed by atoms with Crippen molar-refractivity contribution in [2.24, 2.45) is 0 Å². The number of cyclic esters (lactones) is 1. The quantitative estimate of drug-likeness (QED) is 0.614. The molecule has 4 rings (SSSR count). The summed E-state index contributed by atoms with van der Waals surface area (Å²) >= 11 is 0. The minimum atomic E-state index is -1.49. The zero-order valence-corrected chi connectivity index (χ0v) is 21.0. The molecule has 0 spiro atoms. The van der Waals surface area contributed by atoms with Gasteiger partial charge in [0.05, 0.1) is 6.04 Å². The summed E-state index contributed by atoms with van der Waals surface area (Å²) in [5, 5.41) is 13.6. The zero-order valence-electron chi connectivity index (χ0n) is 21.0. The van der Waals surface area contributed by atoms with Crippen LogP contribution >= 0.6 is 0 Å². The van der Waals surface area contributed by atoms with Gasteiger partial charge >= 0.3 is 6.09 Å². The maximum atomic E-state index is 15.2. The predicted molar refractivity (Wildman–Crippen MR) is 132 cm³/mol. The Morgan fingerprint density at radius 2 is 1.97 bits per heavy atom. The fourth-order valence-electron chi connectivity index (χ4n) is 4.82. The van der Waals surface area contributed by atoms with E-state index in [1.807, 2.05) is 19.1 Å². The number of benzene rings is 1. The fraction of sp³-hybridized carbons (Fsp3) is 0.560. The van der Waals surface area contributed by atoms with Crippen molar-refractivity contribution in [2.45, 2.75) is 57.5 Å². The second kappa shape index (κ2) is 10.0. The predicted octanol–water partition coefficient (Wildman–Crippen LogP) is 3.54. The van der Waals surface area contributed by atoms with Gasteiger partial charge in [-0.25, -0.2) is 19.1 Å². The van der Waals surface area contributed by atoms with Crippen LogP contribution in [0.5, 0.6) is 0 Å². The lowest BCUT2D eigenvalue weighted by molar-refractivity contribution is 0.0475. The minimum absolute atomic E-state index is 0.00320. The molecule has 35 heavy (non-hydrogen) atoms. The van der Waals surface area contributed by atoms with Crippen LogP contribution in [0, 0.1) is 5.82 Å². The summed E-state index contributed by atoms with van der Waals surface area (Å²) in [6.07, 6.45) is 2.98. The van der Waals surface area contributed by atoms with E-state index in [0.29, 0.717) is 11.6 Å². The number of rotatable bonds is 7. The Balaban J connectivity index is 1.43. The van der Waals surface area contributed by atoms with E-state index >= 15 is 4.39 Å². The van der Waals surface area contributed by atoms with Crippen molar-refractivity contribution in [3.8, 4) is 0 Å². The number of ether oxygens (including phenoxy) is 1. The lowest BCUT2D eigenvalue weighted by atomic mass is 9.97. The number of aliphatic hydroxyl groups is 1. The number of piperidine rings is 1. The van der Waals surface area contributed by atoms with Gasteiger partial charge in [-0.15, -0.1) is 0 Å². The third-order valence-corrected chi connectivity index (χ3v) is 7.10. The molecule has 190 valence electrons. The van der Waals surface area contributed by atoms with Gasteiger partial charge in [0.15, 0.2) is 5.72 Å². The lowest BCUT2D eigenvalue weighted by Crippen LogP contribution is -2.45. The molecule has 2 fully saturated rings. The number of hydrogen-bond donors (Lipinski definition) is 2. The van der Waals surface area contributed by atoms with Crippen molar-refractivity contribution in [3.05, 3.63) is 47.4 Å². The van der Waals surface area contributed by atoms with E-state index < -0.39 is 11.8 Å². The van der Waals surface area contributed by atoms with E-state index in [0.717, 1.165) is 36.4 Å². The molecule has 2 N–H and O–H groups in total. The number of aromatic nitrogens is 2. The van der Waals surface area contributed by atoms with E-state index in [2.05, 4.69) is 46.1 Å². The molecule has 2 aromatic rings. The topological polar surface area (TPSA) is 94.1 Å². The summed E-state index contributed by atoms with van der Waals surface area (Å²) in [5.74, 6) is 0.242. The largest absolute Gasteiger partial charge is 0.444 e. The highest BCUT2D eigenvalue weighted by Gasteiger charge is 2.44. The standard InChI is InChI=1S/C25H35FN6O3/c1-16(28-23-27-11-8-22(29-23)32-24(33)35-15-25(32,3)34)18-6-7-20(21(26)14-18)17(2)31-12-9-19(10-13-31)30(4)5/h6-8,11,14,16-17,19,34H,9-10,12-13,15H2,1-5H3,(H,27,28,29)/t16-,17?,25-/m0/s1. The fourth-order valence-corrected chi connectivity index (χ4v) is 4.82. The number of carbonyl (C=O) groups is 1. The molecule has 2 aliphatic heterocycles. The number of halogens is 1. The Bertz CT molecular complexity index is 1060. The maximum absolute atomic E-state index is 15.2. The highest BCUT2D eigenvalue weighted by Crippen LogP contribution is 2.30. The first-order valence-corrected chi connectivity index (χ1v) is 12.1. The van der Waals surface area contributed by atoms with Crippen LogP contribution in [-0.2, 0) is 4.74 Å². The average molecular weight is 487 g/mol. The van der Waals surface area contributed by atoms with Crippen LogP contribution in [0.3, 0.4) is 0 Å². The summed E-state index contributed by atoms with van der Waals surface area (Å²) in [4.78, 5) is 26.3. The van der Waals surface area contributed by atoms with Crippen LogP contribution in [0.4, 0.5) is 21.0 Å². The number of nitrogens with zero attached hydrogens (tertiary/aromatic N) is 5. The van der Waals surface area contributed by atoms with E-state index in [1.165, 1.54) is 19.2 Å². The molecule has 9 nitrogen and oxygen atoms in total. The first kappa shape index (κ1) is 25.3. The molecule has 1 unspecified atom stereocenters. The van der Waals surface area contributed by atoms with Crippen molar-refractivity contribution in [1.29, 1.82) is 0 Å². The van der Waals surface area contributed by atoms with E-state index in [-0.39, 0.29) is 36.3 Å². The molecular weight excluding hydrogens is 451 g/mol. The van der Waals surface area contributed by atoms with Crippen LogP contribution in [0.25, 0.3) is 0 Å². The molecule has 2 aliphatic rings. The molecule has 3 atom stereocenters. The van der Waals surface area contributed by atoms with Gasteiger partial charge in [0.25, 0.3) is 0 Å². The van der Waals surface area contributed by atoms with Crippen LogP contribution in [0.15, 0.2) is 30.5 Å². The Morgan fingerprint density at radius 1 is 1.26 bits per heavy atom. The summed E-state index contributed by atoms with van der Waals surface area (Å²) < 4.78 is 20.1. The third-order valence-electron chi connectivity index (χ3n) is 7.10. The van der Waals surface area contributed by atoms with Gasteiger partial charge in [0.2, 0.25) is 5.95 Å². The maximum Gasteiger partial charge on any atom is 0.418 e. The number of amides is 1. The van der Waals surface area contributed by atoms with Crippen LogP contribution < -0.4 is 10.2 Å². The average Bonchev–Trinajstić information content (AvgIpc) is 3.10. The molecule has 10 heteroatoms. The first-order chi connectivity index (χ1) is 16.6. The number of hydrogen-bond acceptors (Lipinski definition) is 8. The normalized spacial score (nSPS) is 23.4. The number of carbonyl (C=O) groups excluding carboxylic acids is 1. The molecule has 1 amide bonds. The van der Waals surface area contributed by atoms with Crippen molar-refractivity contribution < 1.29 is 19.0 Å². The SMILES string of the molecule is CC(c1ccc([C@H](C)Nc2nccc(N3C(=O)OC[C@]3(C)O)n2)cc1F)N1CCC(N(C)C)CC1. The van der Waals surface area contributed by atoms with Gasteiger partial charge in [-0.2, -0.15) is 4.98 Å². The molecule has 0 aliphatic carbocycles. The van der Waals surface area contributed by atoms with Gasteiger partial charge in [0.1, 0.15) is 18.2 Å². The van der Waals surface area contributed by atoms with E-state index in [1.54, 1.807) is 6.07 Å². The highest BCUT2D eigenvalue weighted by atomic mass is 19.1. The van der Waals surface area contributed by atoms with E-state index in [9.17, 15) is 9.90 Å². The second-order valence-electron chi connectivity index (χ2n) is 9.90. The highest BCUT2D eigenvalue weighted by molar-refractivity contribution is 5.89. The second-order valence-corrected chi connectivity index (χ2v) is 9.90. The van der Waals surface area contributed by atoms with Gasteiger partial charge in [0, 0.05) is 36.9 Å². The third kappa shape index (κ3) is 5.39. The van der Waals surface area contributed by atoms with Gasteiger partial charge in [-0.05, 0) is 65.4 Å². The molecular formula is C25H35FN6O3. The summed E-state index contributed by atoms with van der Waals surface area (Å²) in [6, 6.07) is 7.16. The smallest absolute Gasteiger partial charge is 0.418 e. The summed E-state index contributed by atoms with van der Waals surface area (Å²) in [6.45, 7) is 7.19. The Morgan fingerprint density at radius 3 is 2.57 bits per heavy atom. The lowest BCUT2D eigenvalue weighted by Gasteiger charge is -2.38. The van der Waals surface area contributed by atoms with Crippen LogP contribution in [0.2, 0.25) is 0 Å². The van der Waals surface area contributed by atoms with Crippen molar-refractivity contribution in [1.82, 2.24) is 19.8 Å². The van der Waals surface area contributed by atoms with Crippen LogP contribution in [-0.4, -0.2) is 76.5 Å². The number of anilines is 2. The monoisotopic (exact) mass is 486 g/mol. The minimum Gasteiger partial charge on any atom is -0.444 e. The van der Waals surface area contributed by atoms with Crippen molar-refractivity contribution in [3.63, 3.8) is 0 Å². The zero-order chi connectivity index (χ0) is 25.3. The Hall–Kier alpha value is -2.82. The van der Waals surface area contributed by atoms with Crippen LogP contribution in [0.1, 0.15) is 56.8 Å². The van der Waals surface area contributed by atoms with Gasteiger partial charge in [-0.1, -0.05) is 12.1 Å². The van der Waals surface area contributed by atoms with E-state index in [4.69, 9.17) is 4.74 Å². The summed E-state index contributed by atoms with van der Waals surface area (Å²) in [7, 11) is 4.23. The molecule has 0 saturated carbocycles. The Kier molecular flexibility index (Phi) is 7.25. The molecule has 0 bridgehead atoms. The van der Waals surface area contributed by atoms with Gasteiger partial charge < -0.3 is 20.1 Å². The molecule has 2 saturated heterocycles. The first-order valence-electron chi connectivity index (χ1n) is 12.1. The molecule has 3 heterocycles. The molecule has 1 aromatic heterocycles. The molecule has 0 radical (unpaired) electrons. The van der Waals surface area contributed by atoms with Gasteiger partial charge in [-0.3, -0.25) is 4.90 Å². The number of likely N-dealkylation sites (tertiary alicyclic amines) is 1.